The van der Waals surface area contributed by atoms with Crippen LogP contribution in [0.2, 0.25) is 0 Å². The highest BCUT2D eigenvalue weighted by atomic mass is 127. The van der Waals surface area contributed by atoms with Crippen LogP contribution in [0.5, 0.6) is 5.75 Å². The van der Waals surface area contributed by atoms with E-state index in [0.717, 1.165) is 3.57 Å². The molecule has 1 amide bonds. The van der Waals surface area contributed by atoms with E-state index in [1.54, 1.807) is 17.6 Å². The number of anilines is 1. The predicted octanol–water partition coefficient (Wildman–Crippen LogP) is 2.46. The number of carbonyl (C=O) groups excluding carboxylic acids is 1. The first-order valence-corrected chi connectivity index (χ1v) is 7.37. The number of aromatic nitrogens is 1. The van der Waals surface area contributed by atoms with E-state index >= 15 is 0 Å². The summed E-state index contributed by atoms with van der Waals surface area (Å²) in [5.74, 6) is -1.33. The fraction of sp³-hybridized carbons (Fsp3) is 0.0833. The zero-order chi connectivity index (χ0) is 14.5. The van der Waals surface area contributed by atoms with Crippen molar-refractivity contribution in [2.75, 3.05) is 11.9 Å². The molecule has 0 fully saturated rings. The molecule has 0 aliphatic rings. The maximum absolute atomic E-state index is 11.6. The minimum absolute atomic E-state index is 0.0268. The second kappa shape index (κ2) is 6.66. The van der Waals surface area contributed by atoms with Gasteiger partial charge in [-0.05, 0) is 40.8 Å². The largest absolute Gasteiger partial charge is 0.483 e. The lowest BCUT2D eigenvalue weighted by molar-refractivity contribution is -0.118. The van der Waals surface area contributed by atoms with E-state index in [0.29, 0.717) is 5.13 Å². The third-order valence-corrected chi connectivity index (χ3v) is 3.57. The predicted molar refractivity (Wildman–Crippen MR) is 82.4 cm³/mol. The number of carbonyl (C=O) groups is 2. The van der Waals surface area contributed by atoms with Gasteiger partial charge in [0, 0.05) is 15.1 Å². The van der Waals surface area contributed by atoms with Gasteiger partial charge in [0.1, 0.15) is 11.3 Å². The molecule has 104 valence electrons. The van der Waals surface area contributed by atoms with Crippen LogP contribution in [0.3, 0.4) is 0 Å². The van der Waals surface area contributed by atoms with E-state index in [9.17, 15) is 9.59 Å². The zero-order valence-corrected chi connectivity index (χ0v) is 13.0. The Morgan fingerprint density at radius 3 is 2.90 bits per heavy atom. The van der Waals surface area contributed by atoms with Gasteiger partial charge in [0.25, 0.3) is 5.91 Å². The number of carboxylic acid groups (broad SMARTS) is 1. The van der Waals surface area contributed by atoms with E-state index in [2.05, 4.69) is 10.3 Å². The second-order valence-electron chi connectivity index (χ2n) is 3.62. The van der Waals surface area contributed by atoms with Crippen molar-refractivity contribution in [3.63, 3.8) is 0 Å². The first kappa shape index (κ1) is 14.7. The average molecular weight is 404 g/mol. The van der Waals surface area contributed by atoms with E-state index < -0.39 is 11.9 Å². The van der Waals surface area contributed by atoms with Crippen LogP contribution in [-0.2, 0) is 4.79 Å². The molecular formula is C12H9IN2O4S. The quantitative estimate of drug-likeness (QED) is 0.748. The fourth-order valence-electron chi connectivity index (χ4n) is 1.38. The van der Waals surface area contributed by atoms with E-state index in [1.165, 1.54) is 23.5 Å². The lowest BCUT2D eigenvalue weighted by Gasteiger charge is -2.09. The molecule has 0 saturated heterocycles. The van der Waals surface area contributed by atoms with Gasteiger partial charge in [-0.15, -0.1) is 11.3 Å². The third-order valence-electron chi connectivity index (χ3n) is 2.21. The molecule has 1 heterocycles. The number of halogens is 1. The van der Waals surface area contributed by atoms with Crippen molar-refractivity contribution in [1.29, 1.82) is 0 Å². The number of hydrogen-bond acceptors (Lipinski definition) is 5. The van der Waals surface area contributed by atoms with Gasteiger partial charge in [0.05, 0.1) is 0 Å². The molecule has 0 saturated carbocycles. The number of nitrogens with zero attached hydrogens (tertiary/aromatic N) is 1. The summed E-state index contributed by atoms with van der Waals surface area (Å²) in [4.78, 5) is 26.6. The molecule has 6 nitrogen and oxygen atoms in total. The van der Waals surface area contributed by atoms with Crippen LogP contribution < -0.4 is 10.1 Å². The number of nitrogens with one attached hydrogen (secondary N) is 1. The van der Waals surface area contributed by atoms with Crippen LogP contribution in [0.4, 0.5) is 5.13 Å². The molecule has 20 heavy (non-hydrogen) atoms. The van der Waals surface area contributed by atoms with E-state index in [1.807, 2.05) is 22.6 Å². The van der Waals surface area contributed by atoms with Crippen LogP contribution in [0.1, 0.15) is 10.4 Å². The van der Waals surface area contributed by atoms with Crippen molar-refractivity contribution in [1.82, 2.24) is 4.98 Å². The van der Waals surface area contributed by atoms with Crippen LogP contribution in [-0.4, -0.2) is 28.6 Å². The highest BCUT2D eigenvalue weighted by Crippen LogP contribution is 2.21. The molecule has 0 spiro atoms. The minimum atomic E-state index is -1.10. The summed E-state index contributed by atoms with van der Waals surface area (Å²) in [5, 5.41) is 13.8. The summed E-state index contributed by atoms with van der Waals surface area (Å²) in [6.07, 6.45) is 1.57. The molecule has 2 N–H and O–H groups in total. The SMILES string of the molecule is O=C(COc1ccc(I)cc1C(=O)O)Nc1nccs1. The Kier molecular flexibility index (Phi) is 4.90. The van der Waals surface area contributed by atoms with Crippen molar-refractivity contribution in [2.24, 2.45) is 0 Å². The highest BCUT2D eigenvalue weighted by Gasteiger charge is 2.13. The molecule has 0 aliphatic heterocycles. The Morgan fingerprint density at radius 2 is 2.25 bits per heavy atom. The maximum atomic E-state index is 11.6. The molecule has 0 radical (unpaired) electrons. The van der Waals surface area contributed by atoms with Gasteiger partial charge in [-0.2, -0.15) is 0 Å². The van der Waals surface area contributed by atoms with E-state index in [4.69, 9.17) is 9.84 Å². The maximum Gasteiger partial charge on any atom is 0.339 e. The Bertz CT molecular complexity index is 630. The van der Waals surface area contributed by atoms with Crippen molar-refractivity contribution in [3.8, 4) is 5.75 Å². The first-order chi connectivity index (χ1) is 9.56. The topological polar surface area (TPSA) is 88.5 Å². The van der Waals surface area contributed by atoms with Crippen LogP contribution in [0.25, 0.3) is 0 Å². The Labute approximate surface area is 131 Å². The molecule has 2 aromatic rings. The molecule has 0 aliphatic carbocycles. The second-order valence-corrected chi connectivity index (χ2v) is 5.76. The highest BCUT2D eigenvalue weighted by molar-refractivity contribution is 14.1. The first-order valence-electron chi connectivity index (χ1n) is 5.41. The number of aromatic carboxylic acids is 1. The molecule has 0 atom stereocenters. The zero-order valence-electron chi connectivity index (χ0n) is 10.00. The number of amides is 1. The summed E-state index contributed by atoms with van der Waals surface area (Å²) in [5.41, 5.74) is 0.0268. The van der Waals surface area contributed by atoms with Crippen molar-refractivity contribution >= 4 is 50.9 Å². The molecule has 1 aromatic heterocycles. The fourth-order valence-corrected chi connectivity index (χ4v) is 2.42. The standard InChI is InChI=1S/C12H9IN2O4S/c13-7-1-2-9(8(5-7)11(17)18)19-6-10(16)15-12-14-3-4-20-12/h1-5H,6H2,(H,17,18)(H,14,15,16). The van der Waals surface area contributed by atoms with E-state index in [-0.39, 0.29) is 17.9 Å². The van der Waals surface area contributed by atoms with Crippen LogP contribution in [0.15, 0.2) is 29.8 Å². The van der Waals surface area contributed by atoms with Crippen molar-refractivity contribution < 1.29 is 19.4 Å². The number of hydrogen-bond donors (Lipinski definition) is 2. The smallest absolute Gasteiger partial charge is 0.339 e. The minimum Gasteiger partial charge on any atom is -0.483 e. The Morgan fingerprint density at radius 1 is 1.45 bits per heavy atom. The molecule has 2 rings (SSSR count). The number of ether oxygens (including phenoxy) is 1. The number of benzene rings is 1. The number of rotatable bonds is 5. The van der Waals surface area contributed by atoms with Gasteiger partial charge >= 0.3 is 5.97 Å². The molecular weight excluding hydrogens is 395 g/mol. The van der Waals surface area contributed by atoms with Gasteiger partial charge in [0.15, 0.2) is 11.7 Å². The van der Waals surface area contributed by atoms with Crippen molar-refractivity contribution in [2.45, 2.75) is 0 Å². The Balaban J connectivity index is 2.00. The number of carboxylic acids is 1. The summed E-state index contributed by atoms with van der Waals surface area (Å²) in [6.45, 7) is -0.277. The van der Waals surface area contributed by atoms with Gasteiger partial charge < -0.3 is 9.84 Å². The van der Waals surface area contributed by atoms with Gasteiger partial charge in [0.2, 0.25) is 0 Å². The molecule has 0 bridgehead atoms. The number of thiazole rings is 1. The summed E-state index contributed by atoms with van der Waals surface area (Å²) in [6, 6.07) is 4.72. The lowest BCUT2D eigenvalue weighted by atomic mass is 10.2. The van der Waals surface area contributed by atoms with Crippen LogP contribution >= 0.6 is 33.9 Å². The molecule has 1 aromatic carbocycles. The Hall–Kier alpha value is -1.68. The normalized spacial score (nSPS) is 10.1. The summed E-state index contributed by atoms with van der Waals surface area (Å²) < 4.78 is 6.02. The summed E-state index contributed by atoms with van der Waals surface area (Å²) >= 11 is 3.30. The van der Waals surface area contributed by atoms with Gasteiger partial charge in [-0.1, -0.05) is 0 Å². The third kappa shape index (κ3) is 3.90. The van der Waals surface area contributed by atoms with Crippen molar-refractivity contribution in [3.05, 3.63) is 38.9 Å². The van der Waals surface area contributed by atoms with Crippen LogP contribution in [0, 0.1) is 3.57 Å². The summed E-state index contributed by atoms with van der Waals surface area (Å²) in [7, 11) is 0. The van der Waals surface area contributed by atoms with Gasteiger partial charge in [-0.25, -0.2) is 9.78 Å². The van der Waals surface area contributed by atoms with Gasteiger partial charge in [-0.3, -0.25) is 10.1 Å². The average Bonchev–Trinajstić information content (AvgIpc) is 2.90. The monoisotopic (exact) mass is 404 g/mol. The lowest BCUT2D eigenvalue weighted by Crippen LogP contribution is -2.20. The molecule has 8 heteroatoms. The molecule has 0 unspecified atom stereocenters.